The average Bonchev–Trinajstić information content (AvgIpc) is 2.77. The molecule has 1 N–H and O–H groups in total. The molecule has 2 aromatic carbocycles. The summed E-state index contributed by atoms with van der Waals surface area (Å²) < 4.78 is 26.3. The van der Waals surface area contributed by atoms with Crippen LogP contribution in [0.4, 0.5) is 5.69 Å². The van der Waals surface area contributed by atoms with Gasteiger partial charge in [-0.25, -0.2) is 8.42 Å². The number of anilines is 1. The molecule has 1 aliphatic rings. The van der Waals surface area contributed by atoms with Crippen LogP contribution in [-0.2, 0) is 16.6 Å². The molecule has 0 heterocycles. The van der Waals surface area contributed by atoms with Gasteiger partial charge in [0.2, 0.25) is 10.0 Å². The Bertz CT molecular complexity index is 1010. The van der Waals surface area contributed by atoms with Crippen molar-refractivity contribution >= 4 is 33.4 Å². The standard InChI is InChI=1S/C25H34N2O3S2/c1-19-9-14-23(17-20(19)2)27(32(3,29)30)18-21-10-12-22(13-11-21)25(28)26-15-16-31-24-7-5-4-6-8-24/h9-14,17,24H,4-8,15-16,18H2,1-3H3,(H,26,28). The third kappa shape index (κ3) is 7.01. The SMILES string of the molecule is Cc1ccc(N(Cc2ccc(C(=O)NCCSC3CCCCC3)cc2)S(C)(=O)=O)cc1C. The van der Waals surface area contributed by atoms with Crippen LogP contribution in [0.3, 0.4) is 0 Å². The highest BCUT2D eigenvalue weighted by atomic mass is 32.2. The molecule has 7 heteroatoms. The molecule has 0 aromatic heterocycles. The van der Waals surface area contributed by atoms with E-state index >= 15 is 0 Å². The van der Waals surface area contributed by atoms with Crippen LogP contribution in [-0.4, -0.2) is 38.1 Å². The van der Waals surface area contributed by atoms with Crippen molar-refractivity contribution in [2.24, 2.45) is 0 Å². The molecule has 1 amide bonds. The lowest BCUT2D eigenvalue weighted by atomic mass is 10.0. The summed E-state index contributed by atoms with van der Waals surface area (Å²) in [7, 11) is -3.44. The number of hydrogen-bond donors (Lipinski definition) is 1. The molecule has 3 rings (SSSR count). The number of aryl methyl sites for hydroxylation is 2. The van der Waals surface area contributed by atoms with E-state index in [2.05, 4.69) is 5.32 Å². The fourth-order valence-corrected chi connectivity index (χ4v) is 6.03. The van der Waals surface area contributed by atoms with E-state index in [0.29, 0.717) is 17.8 Å². The molecule has 0 radical (unpaired) electrons. The number of nitrogens with zero attached hydrogens (tertiary/aromatic N) is 1. The Morgan fingerprint density at radius 3 is 2.34 bits per heavy atom. The minimum absolute atomic E-state index is 0.0880. The fourth-order valence-electron chi connectivity index (χ4n) is 3.93. The number of rotatable bonds is 9. The Balaban J connectivity index is 1.57. The summed E-state index contributed by atoms with van der Waals surface area (Å²) in [6.07, 6.45) is 7.83. The van der Waals surface area contributed by atoms with E-state index < -0.39 is 10.0 Å². The van der Waals surface area contributed by atoms with Gasteiger partial charge in [0.1, 0.15) is 0 Å². The van der Waals surface area contributed by atoms with Gasteiger partial charge in [-0.1, -0.05) is 37.5 Å². The molecule has 0 bridgehead atoms. The van der Waals surface area contributed by atoms with E-state index in [1.165, 1.54) is 42.7 Å². The molecule has 5 nitrogen and oxygen atoms in total. The Morgan fingerprint density at radius 2 is 1.72 bits per heavy atom. The van der Waals surface area contributed by atoms with Crippen molar-refractivity contribution in [3.63, 3.8) is 0 Å². The molecule has 1 aliphatic carbocycles. The lowest BCUT2D eigenvalue weighted by Crippen LogP contribution is -2.29. The number of nitrogens with one attached hydrogen (secondary N) is 1. The van der Waals surface area contributed by atoms with Crippen LogP contribution in [0.1, 0.15) is 59.2 Å². The van der Waals surface area contributed by atoms with Crippen LogP contribution < -0.4 is 9.62 Å². The van der Waals surface area contributed by atoms with E-state index in [4.69, 9.17) is 0 Å². The van der Waals surface area contributed by atoms with Gasteiger partial charge in [0.25, 0.3) is 5.91 Å². The van der Waals surface area contributed by atoms with Crippen molar-refractivity contribution in [3.8, 4) is 0 Å². The van der Waals surface area contributed by atoms with Crippen molar-refractivity contribution < 1.29 is 13.2 Å². The van der Waals surface area contributed by atoms with Crippen LogP contribution >= 0.6 is 11.8 Å². The van der Waals surface area contributed by atoms with Gasteiger partial charge in [-0.2, -0.15) is 11.8 Å². The van der Waals surface area contributed by atoms with Crippen molar-refractivity contribution in [3.05, 3.63) is 64.7 Å². The van der Waals surface area contributed by atoms with Crippen LogP contribution in [0, 0.1) is 13.8 Å². The number of benzene rings is 2. The molecule has 0 saturated heterocycles. The van der Waals surface area contributed by atoms with Crippen molar-refractivity contribution in [2.45, 2.75) is 57.7 Å². The zero-order chi connectivity index (χ0) is 23.1. The molecule has 0 unspecified atom stereocenters. The Morgan fingerprint density at radius 1 is 1.03 bits per heavy atom. The van der Waals surface area contributed by atoms with Gasteiger partial charge in [-0.15, -0.1) is 0 Å². The Labute approximate surface area is 197 Å². The fraction of sp³-hybridized carbons (Fsp3) is 0.480. The number of sulfonamides is 1. The van der Waals surface area contributed by atoms with Crippen molar-refractivity contribution in [1.82, 2.24) is 5.32 Å². The normalized spacial score (nSPS) is 14.8. The maximum absolute atomic E-state index is 12.5. The zero-order valence-electron chi connectivity index (χ0n) is 19.3. The van der Waals surface area contributed by atoms with Crippen molar-refractivity contribution in [1.29, 1.82) is 0 Å². The first-order valence-corrected chi connectivity index (χ1v) is 14.2. The second-order valence-corrected chi connectivity index (χ2v) is 11.9. The Hall–Kier alpha value is -1.99. The summed E-state index contributed by atoms with van der Waals surface area (Å²) in [5.41, 5.74) is 4.24. The molecule has 0 spiro atoms. The molecule has 174 valence electrons. The van der Waals surface area contributed by atoms with Gasteiger partial charge < -0.3 is 5.32 Å². The number of carbonyl (C=O) groups is 1. The van der Waals surface area contributed by atoms with Gasteiger partial charge in [-0.05, 0) is 67.6 Å². The maximum atomic E-state index is 12.5. The van der Waals surface area contributed by atoms with E-state index in [1.807, 2.05) is 55.9 Å². The van der Waals surface area contributed by atoms with E-state index in [9.17, 15) is 13.2 Å². The van der Waals surface area contributed by atoms with Gasteiger partial charge in [0.15, 0.2) is 0 Å². The second-order valence-electron chi connectivity index (χ2n) is 8.62. The number of carbonyl (C=O) groups excluding carboxylic acids is 1. The van der Waals surface area contributed by atoms with Crippen LogP contribution in [0.5, 0.6) is 0 Å². The van der Waals surface area contributed by atoms with Crippen LogP contribution in [0.25, 0.3) is 0 Å². The van der Waals surface area contributed by atoms with Gasteiger partial charge >= 0.3 is 0 Å². The monoisotopic (exact) mass is 474 g/mol. The maximum Gasteiger partial charge on any atom is 0.251 e. The quantitative estimate of drug-likeness (QED) is 0.516. The number of amides is 1. The molecular formula is C25H34N2O3S2. The minimum atomic E-state index is -3.44. The summed E-state index contributed by atoms with van der Waals surface area (Å²) in [4.78, 5) is 12.5. The summed E-state index contributed by atoms with van der Waals surface area (Å²) in [6.45, 7) is 4.86. The highest BCUT2D eigenvalue weighted by molar-refractivity contribution is 7.99. The summed E-state index contributed by atoms with van der Waals surface area (Å²) in [6, 6.07) is 12.8. The topological polar surface area (TPSA) is 66.5 Å². The molecular weight excluding hydrogens is 440 g/mol. The van der Waals surface area contributed by atoms with E-state index in [0.717, 1.165) is 27.7 Å². The third-order valence-corrected chi connectivity index (χ3v) is 8.54. The molecule has 1 fully saturated rings. The first-order valence-electron chi connectivity index (χ1n) is 11.3. The van der Waals surface area contributed by atoms with Crippen LogP contribution in [0.2, 0.25) is 0 Å². The van der Waals surface area contributed by atoms with Crippen LogP contribution in [0.15, 0.2) is 42.5 Å². The molecule has 32 heavy (non-hydrogen) atoms. The predicted octanol–water partition coefficient (Wildman–Crippen LogP) is 5.07. The van der Waals surface area contributed by atoms with Gasteiger partial charge in [0, 0.05) is 23.1 Å². The highest BCUT2D eigenvalue weighted by Gasteiger charge is 2.19. The summed E-state index contributed by atoms with van der Waals surface area (Å²) in [5, 5.41) is 3.74. The molecule has 0 aliphatic heterocycles. The lowest BCUT2D eigenvalue weighted by molar-refractivity contribution is 0.0956. The number of hydrogen-bond acceptors (Lipinski definition) is 4. The summed E-state index contributed by atoms with van der Waals surface area (Å²) in [5.74, 6) is 0.850. The first kappa shape index (κ1) is 24.6. The highest BCUT2D eigenvalue weighted by Crippen LogP contribution is 2.28. The van der Waals surface area contributed by atoms with Gasteiger partial charge in [0.05, 0.1) is 18.5 Å². The largest absolute Gasteiger partial charge is 0.351 e. The second kappa shape index (κ2) is 11.2. The summed E-state index contributed by atoms with van der Waals surface area (Å²) >= 11 is 1.97. The zero-order valence-corrected chi connectivity index (χ0v) is 20.9. The first-order chi connectivity index (χ1) is 15.2. The van der Waals surface area contributed by atoms with E-state index in [-0.39, 0.29) is 12.5 Å². The predicted molar refractivity (Wildman–Crippen MR) is 135 cm³/mol. The minimum Gasteiger partial charge on any atom is -0.351 e. The lowest BCUT2D eigenvalue weighted by Gasteiger charge is -2.23. The van der Waals surface area contributed by atoms with Gasteiger partial charge in [-0.3, -0.25) is 9.10 Å². The average molecular weight is 475 g/mol. The molecule has 1 saturated carbocycles. The molecule has 0 atom stereocenters. The van der Waals surface area contributed by atoms with E-state index in [1.54, 1.807) is 12.1 Å². The Kier molecular flexibility index (Phi) is 8.65. The van der Waals surface area contributed by atoms with Crippen molar-refractivity contribution in [2.75, 3.05) is 22.9 Å². The molecule has 2 aromatic rings. The third-order valence-electron chi connectivity index (χ3n) is 6.01. The smallest absolute Gasteiger partial charge is 0.251 e. The number of thioether (sulfide) groups is 1.